The number of rotatable bonds is 4. The van der Waals surface area contributed by atoms with E-state index in [9.17, 15) is 0 Å². The molecule has 1 aromatic heterocycles. The van der Waals surface area contributed by atoms with Crippen LogP contribution >= 0.6 is 0 Å². The molecule has 8 aromatic rings. The van der Waals surface area contributed by atoms with Crippen LogP contribution in [0.1, 0.15) is 22.3 Å². The van der Waals surface area contributed by atoms with Gasteiger partial charge in [-0.05, 0) is 85.0 Å². The zero-order chi connectivity index (χ0) is 32.4. The Labute approximate surface area is 286 Å². The molecule has 7 aromatic carbocycles. The van der Waals surface area contributed by atoms with Gasteiger partial charge in [0, 0.05) is 11.1 Å². The summed E-state index contributed by atoms with van der Waals surface area (Å²) in [5.41, 5.74) is 19.3. The minimum atomic E-state index is -0.354. The molecule has 228 valence electrons. The Balaban J connectivity index is 1.19. The first-order valence-corrected chi connectivity index (χ1v) is 17.0. The summed E-state index contributed by atoms with van der Waals surface area (Å²) >= 11 is 0. The van der Waals surface area contributed by atoms with Gasteiger partial charge in [0.1, 0.15) is 0 Å². The average Bonchev–Trinajstić information content (AvgIpc) is 3.66. The van der Waals surface area contributed by atoms with Gasteiger partial charge in [-0.1, -0.05) is 170 Å². The van der Waals surface area contributed by atoms with Gasteiger partial charge in [-0.3, -0.25) is 0 Å². The van der Waals surface area contributed by atoms with Crippen molar-refractivity contribution in [1.82, 2.24) is 4.98 Å². The van der Waals surface area contributed by atoms with Crippen molar-refractivity contribution in [2.24, 2.45) is 0 Å². The molecule has 0 bridgehead atoms. The molecular weight excluding hydrogens is 591 g/mol. The fourth-order valence-electron chi connectivity index (χ4n) is 8.46. The van der Waals surface area contributed by atoms with Crippen LogP contribution in [0.15, 0.2) is 188 Å². The predicted molar refractivity (Wildman–Crippen MR) is 202 cm³/mol. The number of hydrogen-bond donors (Lipinski definition) is 0. The summed E-state index contributed by atoms with van der Waals surface area (Å²) in [5.74, 6) is 0. The van der Waals surface area contributed by atoms with Crippen LogP contribution in [-0.4, -0.2) is 4.98 Å². The quantitative estimate of drug-likeness (QED) is 0.191. The van der Waals surface area contributed by atoms with Crippen LogP contribution in [0.25, 0.3) is 67.0 Å². The Hall–Kier alpha value is -6.31. The molecule has 0 radical (unpaired) electrons. The van der Waals surface area contributed by atoms with E-state index in [2.05, 4.69) is 188 Å². The third-order valence-corrected chi connectivity index (χ3v) is 10.5. The molecule has 49 heavy (non-hydrogen) atoms. The molecule has 0 amide bonds. The lowest BCUT2D eigenvalue weighted by Gasteiger charge is -2.30. The zero-order valence-corrected chi connectivity index (χ0v) is 26.8. The summed E-state index contributed by atoms with van der Waals surface area (Å²) in [6.45, 7) is 0. The highest BCUT2D eigenvalue weighted by atomic mass is 14.7. The summed E-state index contributed by atoms with van der Waals surface area (Å²) in [6.07, 6.45) is 0. The Morgan fingerprint density at radius 3 is 1.33 bits per heavy atom. The van der Waals surface area contributed by atoms with Crippen LogP contribution in [0.3, 0.4) is 0 Å². The van der Waals surface area contributed by atoms with E-state index in [0.717, 1.165) is 28.1 Å². The van der Waals surface area contributed by atoms with Crippen LogP contribution < -0.4 is 0 Å². The lowest BCUT2D eigenvalue weighted by Crippen LogP contribution is -2.25. The van der Waals surface area contributed by atoms with Gasteiger partial charge >= 0.3 is 0 Å². The highest BCUT2D eigenvalue weighted by molar-refractivity contribution is 6.00. The second-order valence-electron chi connectivity index (χ2n) is 13.1. The molecule has 0 N–H and O–H groups in total. The fourth-order valence-corrected chi connectivity index (χ4v) is 8.46. The second kappa shape index (κ2) is 10.9. The summed E-state index contributed by atoms with van der Waals surface area (Å²) in [7, 11) is 0. The minimum Gasteiger partial charge on any atom is -0.248 e. The van der Waals surface area contributed by atoms with Gasteiger partial charge in [-0.2, -0.15) is 0 Å². The normalized spacial score (nSPS) is 13.1. The monoisotopic (exact) mass is 621 g/mol. The third-order valence-electron chi connectivity index (χ3n) is 10.5. The number of nitrogens with zero attached hydrogens (tertiary/aromatic N) is 1. The SMILES string of the molecule is c1ccc(-c2cc(-c3cccc(-c4cccc5c4-c4ccccc4C54c5ccccc5-c5ccccc54)c3)cc(-c3ccccc3)n2)cc1. The highest BCUT2D eigenvalue weighted by Crippen LogP contribution is 2.63. The lowest BCUT2D eigenvalue weighted by molar-refractivity contribution is 0.794. The lowest BCUT2D eigenvalue weighted by atomic mass is 9.70. The Kier molecular flexibility index (Phi) is 6.16. The number of aromatic nitrogens is 1. The molecule has 1 heterocycles. The number of hydrogen-bond acceptors (Lipinski definition) is 1. The van der Waals surface area contributed by atoms with E-state index in [-0.39, 0.29) is 5.41 Å². The van der Waals surface area contributed by atoms with E-state index in [1.807, 2.05) is 0 Å². The van der Waals surface area contributed by atoms with Crippen LogP contribution in [0.2, 0.25) is 0 Å². The Morgan fingerprint density at radius 1 is 0.286 bits per heavy atom. The van der Waals surface area contributed by atoms with E-state index in [1.54, 1.807) is 0 Å². The standard InChI is InChI=1S/C48H31N/c1-3-15-32(16-4-1)45-30-36(31-46(49-45)33-17-5-2-6-18-33)34-19-13-20-35(29-34)37-24-14-28-44-47(37)40-23-9-12-27-43(40)48(44)41-25-10-7-21-38(41)39-22-8-11-26-42(39)48/h1-31H. The first kappa shape index (κ1) is 27.8. The molecule has 0 saturated carbocycles. The van der Waals surface area contributed by atoms with E-state index >= 15 is 0 Å². The Morgan fingerprint density at radius 2 is 0.714 bits per heavy atom. The average molecular weight is 622 g/mol. The molecule has 0 saturated heterocycles. The van der Waals surface area contributed by atoms with Crippen molar-refractivity contribution in [3.8, 4) is 67.0 Å². The number of benzene rings is 7. The zero-order valence-electron chi connectivity index (χ0n) is 26.8. The maximum Gasteiger partial charge on any atom is 0.0725 e. The molecule has 2 aliphatic rings. The smallest absolute Gasteiger partial charge is 0.0725 e. The minimum absolute atomic E-state index is 0.354. The van der Waals surface area contributed by atoms with Crippen LogP contribution in [-0.2, 0) is 5.41 Å². The van der Waals surface area contributed by atoms with E-state index < -0.39 is 0 Å². The van der Waals surface area contributed by atoms with E-state index in [1.165, 1.54) is 61.2 Å². The van der Waals surface area contributed by atoms with Gasteiger partial charge in [0.2, 0.25) is 0 Å². The predicted octanol–water partition coefficient (Wildman–Crippen LogP) is 12.1. The molecule has 10 rings (SSSR count). The van der Waals surface area contributed by atoms with Crippen molar-refractivity contribution in [3.05, 3.63) is 210 Å². The largest absolute Gasteiger partial charge is 0.248 e. The topological polar surface area (TPSA) is 12.9 Å². The van der Waals surface area contributed by atoms with Crippen LogP contribution in [0.5, 0.6) is 0 Å². The van der Waals surface area contributed by atoms with Crippen molar-refractivity contribution < 1.29 is 0 Å². The Bertz CT molecular complexity index is 2440. The summed E-state index contributed by atoms with van der Waals surface area (Å²) < 4.78 is 0. The first-order valence-electron chi connectivity index (χ1n) is 17.0. The molecule has 0 fully saturated rings. The second-order valence-corrected chi connectivity index (χ2v) is 13.1. The maximum absolute atomic E-state index is 5.13. The summed E-state index contributed by atoms with van der Waals surface area (Å²) in [5, 5.41) is 0. The van der Waals surface area contributed by atoms with Crippen molar-refractivity contribution in [1.29, 1.82) is 0 Å². The fraction of sp³-hybridized carbons (Fsp3) is 0.0208. The van der Waals surface area contributed by atoms with E-state index in [4.69, 9.17) is 4.98 Å². The van der Waals surface area contributed by atoms with Gasteiger partial charge in [0.25, 0.3) is 0 Å². The number of pyridine rings is 1. The van der Waals surface area contributed by atoms with Gasteiger partial charge in [0.15, 0.2) is 0 Å². The van der Waals surface area contributed by atoms with Gasteiger partial charge in [-0.15, -0.1) is 0 Å². The first-order chi connectivity index (χ1) is 24.3. The molecule has 0 atom stereocenters. The van der Waals surface area contributed by atoms with Crippen molar-refractivity contribution in [3.63, 3.8) is 0 Å². The summed E-state index contributed by atoms with van der Waals surface area (Å²) in [6, 6.07) is 68.5. The molecule has 2 aliphatic carbocycles. The third kappa shape index (κ3) is 4.09. The van der Waals surface area contributed by atoms with Crippen molar-refractivity contribution in [2.45, 2.75) is 5.41 Å². The molecular formula is C48H31N. The highest BCUT2D eigenvalue weighted by Gasteiger charge is 2.51. The summed E-state index contributed by atoms with van der Waals surface area (Å²) in [4.78, 5) is 5.13. The van der Waals surface area contributed by atoms with Gasteiger partial charge in [-0.25, -0.2) is 4.98 Å². The van der Waals surface area contributed by atoms with E-state index in [0.29, 0.717) is 0 Å². The van der Waals surface area contributed by atoms with Crippen LogP contribution in [0, 0.1) is 0 Å². The molecule has 1 nitrogen and oxygen atoms in total. The maximum atomic E-state index is 5.13. The molecule has 1 heteroatoms. The van der Waals surface area contributed by atoms with Gasteiger partial charge < -0.3 is 0 Å². The number of fused-ring (bicyclic) bond motifs is 10. The molecule has 0 unspecified atom stereocenters. The molecule has 1 spiro atoms. The van der Waals surface area contributed by atoms with Crippen molar-refractivity contribution in [2.75, 3.05) is 0 Å². The molecule has 0 aliphatic heterocycles. The van der Waals surface area contributed by atoms with Crippen LogP contribution in [0.4, 0.5) is 0 Å². The van der Waals surface area contributed by atoms with Crippen molar-refractivity contribution >= 4 is 0 Å². The van der Waals surface area contributed by atoms with Gasteiger partial charge in [0.05, 0.1) is 16.8 Å².